The highest BCUT2D eigenvalue weighted by molar-refractivity contribution is 7.97. The van der Waals surface area contributed by atoms with Gasteiger partial charge < -0.3 is 13.7 Å². The third-order valence-corrected chi connectivity index (χ3v) is 7.09. The van der Waals surface area contributed by atoms with E-state index in [4.69, 9.17) is 13.7 Å². The molecule has 6 nitrogen and oxygen atoms in total. The van der Waals surface area contributed by atoms with Gasteiger partial charge in [-0.15, -0.1) is 12.6 Å². The van der Waals surface area contributed by atoms with Crippen molar-refractivity contribution in [3.05, 3.63) is 119 Å². The summed E-state index contributed by atoms with van der Waals surface area (Å²) in [5.41, 5.74) is 2.35. The fraction of sp³-hybridized carbons (Fsp3) is 0.0741. The molecule has 1 aliphatic rings. The van der Waals surface area contributed by atoms with Crippen LogP contribution in [0.3, 0.4) is 0 Å². The third-order valence-electron chi connectivity index (χ3n) is 5.58. The van der Waals surface area contributed by atoms with Gasteiger partial charge in [0.25, 0.3) is 0 Å². The first kappa shape index (κ1) is 23.0. The summed E-state index contributed by atoms with van der Waals surface area (Å²) >= 11 is 3.91. The predicted molar refractivity (Wildman–Crippen MR) is 134 cm³/mol. The molecule has 0 saturated heterocycles. The standard InChI is InChI=1S/C27H20O6S2/c1-18-12-14-22(15-13-18)35(29,30)33-24-17-19(26(28)34)16-23-25(24)32-27(31-23,20-8-4-2-5-9-20)21-10-6-3-7-11-21/h2-17H,1H3,(H,28,34). The van der Waals surface area contributed by atoms with E-state index in [1.807, 2.05) is 67.6 Å². The molecule has 35 heavy (non-hydrogen) atoms. The molecule has 0 radical (unpaired) electrons. The van der Waals surface area contributed by atoms with Crippen LogP contribution in [0.4, 0.5) is 0 Å². The van der Waals surface area contributed by atoms with Gasteiger partial charge in [0.05, 0.1) is 0 Å². The van der Waals surface area contributed by atoms with E-state index in [0.717, 1.165) is 5.56 Å². The number of aryl methyl sites for hydroxylation is 1. The lowest BCUT2D eigenvalue weighted by molar-refractivity contribution is -0.0464. The number of benzene rings is 4. The number of ether oxygens (including phenoxy) is 2. The quantitative estimate of drug-likeness (QED) is 0.276. The van der Waals surface area contributed by atoms with Crippen LogP contribution in [0.25, 0.3) is 0 Å². The smallest absolute Gasteiger partial charge is 0.339 e. The van der Waals surface area contributed by atoms with E-state index < -0.39 is 21.0 Å². The van der Waals surface area contributed by atoms with Gasteiger partial charge in [-0.1, -0.05) is 78.4 Å². The Balaban J connectivity index is 1.65. The molecule has 1 heterocycles. The van der Waals surface area contributed by atoms with Crippen LogP contribution in [0.5, 0.6) is 17.2 Å². The van der Waals surface area contributed by atoms with Gasteiger partial charge >= 0.3 is 15.9 Å². The van der Waals surface area contributed by atoms with Gasteiger partial charge in [-0.05, 0) is 31.2 Å². The van der Waals surface area contributed by atoms with Crippen molar-refractivity contribution >= 4 is 27.9 Å². The Kier molecular flexibility index (Phi) is 5.78. The number of rotatable bonds is 6. The Labute approximate surface area is 208 Å². The summed E-state index contributed by atoms with van der Waals surface area (Å²) in [5, 5.41) is -0.578. The minimum Gasteiger partial charge on any atom is -0.440 e. The fourth-order valence-corrected chi connectivity index (χ4v) is 4.90. The molecule has 0 atom stereocenters. The van der Waals surface area contributed by atoms with E-state index in [-0.39, 0.29) is 27.7 Å². The summed E-state index contributed by atoms with van der Waals surface area (Å²) in [4.78, 5) is 12.1. The molecule has 0 unspecified atom stereocenters. The van der Waals surface area contributed by atoms with Gasteiger partial charge in [0.1, 0.15) is 4.90 Å². The summed E-state index contributed by atoms with van der Waals surface area (Å²) < 4.78 is 44.4. The lowest BCUT2D eigenvalue weighted by Gasteiger charge is -2.28. The van der Waals surface area contributed by atoms with Crippen molar-refractivity contribution in [2.75, 3.05) is 0 Å². The van der Waals surface area contributed by atoms with Crippen molar-refractivity contribution in [1.82, 2.24) is 0 Å². The average Bonchev–Trinajstić information content (AvgIpc) is 3.26. The molecule has 4 aromatic carbocycles. The Morgan fingerprint density at radius 3 is 1.94 bits per heavy atom. The molecule has 5 rings (SSSR count). The zero-order chi connectivity index (χ0) is 24.6. The molecule has 8 heteroatoms. The zero-order valence-corrected chi connectivity index (χ0v) is 20.3. The first-order chi connectivity index (χ1) is 16.8. The van der Waals surface area contributed by atoms with Crippen LogP contribution in [0.15, 0.2) is 102 Å². The molecule has 0 aliphatic carbocycles. The van der Waals surface area contributed by atoms with E-state index in [2.05, 4.69) is 12.6 Å². The van der Waals surface area contributed by atoms with Crippen LogP contribution in [0.2, 0.25) is 0 Å². The van der Waals surface area contributed by atoms with Gasteiger partial charge in [-0.3, -0.25) is 4.79 Å². The van der Waals surface area contributed by atoms with Gasteiger partial charge in [-0.25, -0.2) is 0 Å². The topological polar surface area (TPSA) is 78.9 Å². The van der Waals surface area contributed by atoms with Gasteiger partial charge in [0.2, 0.25) is 10.9 Å². The highest BCUT2D eigenvalue weighted by Crippen LogP contribution is 2.53. The van der Waals surface area contributed by atoms with Crippen LogP contribution < -0.4 is 13.7 Å². The molecular formula is C27H20O6S2. The maximum absolute atomic E-state index is 13.1. The summed E-state index contributed by atoms with van der Waals surface area (Å²) in [5.74, 6) is -1.37. The molecule has 176 valence electrons. The fourth-order valence-electron chi connectivity index (χ4n) is 3.85. The van der Waals surface area contributed by atoms with Crippen molar-refractivity contribution in [2.24, 2.45) is 0 Å². The lowest BCUT2D eigenvalue weighted by Crippen LogP contribution is -2.36. The minimum absolute atomic E-state index is 0.0317. The highest BCUT2D eigenvalue weighted by atomic mass is 32.2. The minimum atomic E-state index is -4.23. The molecule has 0 bridgehead atoms. The van der Waals surface area contributed by atoms with E-state index >= 15 is 0 Å². The SMILES string of the molecule is Cc1ccc(S(=O)(=O)Oc2cc(C(=O)S)cc3c2OC(c2ccccc2)(c2ccccc2)O3)cc1. The van der Waals surface area contributed by atoms with E-state index in [0.29, 0.717) is 11.1 Å². The molecule has 0 saturated carbocycles. The Hall–Kier alpha value is -3.75. The maximum atomic E-state index is 13.1. The lowest BCUT2D eigenvalue weighted by atomic mass is 9.97. The Bertz CT molecular complexity index is 1460. The summed E-state index contributed by atoms with van der Waals surface area (Å²) in [6.45, 7) is 1.85. The van der Waals surface area contributed by atoms with Crippen molar-refractivity contribution < 1.29 is 26.9 Å². The second kappa shape index (κ2) is 8.79. The average molecular weight is 505 g/mol. The largest absolute Gasteiger partial charge is 0.440 e. The van der Waals surface area contributed by atoms with Crippen LogP contribution in [0, 0.1) is 6.92 Å². The first-order valence-electron chi connectivity index (χ1n) is 10.7. The first-order valence-corrected chi connectivity index (χ1v) is 12.6. The van der Waals surface area contributed by atoms with Gasteiger partial charge in [0.15, 0.2) is 11.5 Å². The monoisotopic (exact) mass is 504 g/mol. The summed E-state index contributed by atoms with van der Waals surface area (Å²) in [6, 6.07) is 27.5. The molecular weight excluding hydrogens is 484 g/mol. The zero-order valence-electron chi connectivity index (χ0n) is 18.5. The van der Waals surface area contributed by atoms with Crippen LogP contribution >= 0.6 is 12.6 Å². The maximum Gasteiger partial charge on any atom is 0.339 e. The van der Waals surface area contributed by atoms with Crippen LogP contribution in [-0.4, -0.2) is 13.5 Å². The number of thiol groups is 1. The van der Waals surface area contributed by atoms with Crippen molar-refractivity contribution in [1.29, 1.82) is 0 Å². The Morgan fingerprint density at radius 2 is 1.40 bits per heavy atom. The predicted octanol–water partition coefficient (Wildman–Crippen LogP) is 5.51. The molecule has 0 fully saturated rings. The highest BCUT2D eigenvalue weighted by Gasteiger charge is 2.47. The molecule has 0 aromatic heterocycles. The molecule has 0 N–H and O–H groups in total. The van der Waals surface area contributed by atoms with Gasteiger partial charge in [0, 0.05) is 16.7 Å². The van der Waals surface area contributed by atoms with Crippen molar-refractivity contribution in [2.45, 2.75) is 17.6 Å². The van der Waals surface area contributed by atoms with Gasteiger partial charge in [-0.2, -0.15) is 8.42 Å². The number of carbonyl (C=O) groups is 1. The number of hydrogen-bond acceptors (Lipinski definition) is 6. The molecule has 4 aromatic rings. The third kappa shape index (κ3) is 4.26. The summed E-state index contributed by atoms with van der Waals surface area (Å²) in [6.07, 6.45) is 0. The van der Waals surface area contributed by atoms with Crippen molar-refractivity contribution in [3.63, 3.8) is 0 Å². The second-order valence-corrected chi connectivity index (χ2v) is 9.96. The van der Waals surface area contributed by atoms with Crippen LogP contribution in [-0.2, 0) is 15.9 Å². The van der Waals surface area contributed by atoms with E-state index in [1.54, 1.807) is 12.1 Å². The molecule has 0 spiro atoms. The number of carbonyl (C=O) groups excluding carboxylic acids is 1. The molecule has 1 aliphatic heterocycles. The summed E-state index contributed by atoms with van der Waals surface area (Å²) in [7, 11) is -4.23. The van der Waals surface area contributed by atoms with E-state index in [1.165, 1.54) is 24.3 Å². The van der Waals surface area contributed by atoms with Crippen molar-refractivity contribution in [3.8, 4) is 17.2 Å². The van der Waals surface area contributed by atoms with E-state index in [9.17, 15) is 13.2 Å². The normalized spacial score (nSPS) is 13.9. The number of fused-ring (bicyclic) bond motifs is 1. The Morgan fingerprint density at radius 1 is 0.829 bits per heavy atom. The number of hydrogen-bond donors (Lipinski definition) is 1. The van der Waals surface area contributed by atoms with Crippen LogP contribution in [0.1, 0.15) is 27.0 Å². The second-order valence-electron chi connectivity index (χ2n) is 8.01. The molecule has 0 amide bonds.